The first-order chi connectivity index (χ1) is 6.99. The van der Waals surface area contributed by atoms with Crippen LogP contribution in [0.2, 0.25) is 0 Å². The summed E-state index contributed by atoms with van der Waals surface area (Å²) in [6, 6.07) is 0. The van der Waals surface area contributed by atoms with E-state index in [0.717, 1.165) is 23.5 Å². The van der Waals surface area contributed by atoms with Crippen LogP contribution in [0.5, 0.6) is 0 Å². The number of nitrogens with two attached hydrogens (primary N) is 1. The fraction of sp³-hybridized carbons (Fsp3) is 0.727. The molecule has 0 saturated carbocycles. The zero-order valence-corrected chi connectivity index (χ0v) is 10.8. The minimum Gasteiger partial charge on any atom is -0.378 e. The Labute approximate surface area is 95.7 Å². The zero-order valence-electron chi connectivity index (χ0n) is 9.96. The van der Waals surface area contributed by atoms with E-state index in [1.807, 2.05) is 13.8 Å². The molecule has 3 nitrogen and oxygen atoms in total. The molecule has 0 aliphatic rings. The molecule has 15 heavy (non-hydrogen) atoms. The fourth-order valence-corrected chi connectivity index (χ4v) is 2.59. The Bertz CT molecular complexity index is 315. The molecule has 0 aromatic carbocycles. The summed E-state index contributed by atoms with van der Waals surface area (Å²) in [5.41, 5.74) is 6.97. The standard InChI is InChI=1S/C11H20N2OS/c1-5-6-8-10(11(2,3)12)15-9(13-8)7-14-4/h5-7,12H2,1-4H3. The average molecular weight is 228 g/mol. The van der Waals surface area contributed by atoms with E-state index < -0.39 is 0 Å². The average Bonchev–Trinajstić information content (AvgIpc) is 2.49. The lowest BCUT2D eigenvalue weighted by Crippen LogP contribution is -2.28. The normalized spacial score (nSPS) is 12.1. The van der Waals surface area contributed by atoms with Crippen LogP contribution < -0.4 is 5.73 Å². The molecular formula is C11H20N2OS. The van der Waals surface area contributed by atoms with Crippen LogP contribution in [0.25, 0.3) is 0 Å². The van der Waals surface area contributed by atoms with Crippen molar-refractivity contribution in [1.82, 2.24) is 4.98 Å². The van der Waals surface area contributed by atoms with Crippen LogP contribution >= 0.6 is 11.3 Å². The predicted octanol–water partition coefficient (Wildman–Crippen LogP) is 2.44. The van der Waals surface area contributed by atoms with Crippen molar-refractivity contribution in [2.45, 2.75) is 45.8 Å². The second kappa shape index (κ2) is 5.05. The van der Waals surface area contributed by atoms with E-state index in [0.29, 0.717) is 6.61 Å². The van der Waals surface area contributed by atoms with Gasteiger partial charge in [0, 0.05) is 17.5 Å². The third-order valence-electron chi connectivity index (χ3n) is 2.08. The lowest BCUT2D eigenvalue weighted by molar-refractivity contribution is 0.184. The van der Waals surface area contributed by atoms with Crippen LogP contribution in [-0.4, -0.2) is 12.1 Å². The second-order valence-corrected chi connectivity index (χ2v) is 5.37. The second-order valence-electron chi connectivity index (χ2n) is 4.29. The molecule has 0 radical (unpaired) electrons. The monoisotopic (exact) mass is 228 g/mol. The van der Waals surface area contributed by atoms with Crippen molar-refractivity contribution in [3.05, 3.63) is 15.6 Å². The molecule has 0 aliphatic heterocycles. The van der Waals surface area contributed by atoms with Crippen LogP contribution in [0.3, 0.4) is 0 Å². The van der Waals surface area contributed by atoms with Crippen LogP contribution in [0, 0.1) is 0 Å². The molecule has 0 amide bonds. The minimum absolute atomic E-state index is 0.297. The summed E-state index contributed by atoms with van der Waals surface area (Å²) in [6.07, 6.45) is 2.09. The Kier molecular flexibility index (Phi) is 4.25. The molecule has 0 saturated heterocycles. The van der Waals surface area contributed by atoms with Crippen molar-refractivity contribution in [3.63, 3.8) is 0 Å². The molecule has 0 spiro atoms. The molecule has 1 aromatic rings. The third-order valence-corrected chi connectivity index (χ3v) is 3.49. The largest absolute Gasteiger partial charge is 0.378 e. The van der Waals surface area contributed by atoms with Crippen molar-refractivity contribution in [1.29, 1.82) is 0 Å². The zero-order chi connectivity index (χ0) is 11.5. The van der Waals surface area contributed by atoms with E-state index in [1.54, 1.807) is 18.4 Å². The highest BCUT2D eigenvalue weighted by molar-refractivity contribution is 7.11. The van der Waals surface area contributed by atoms with Gasteiger partial charge in [-0.15, -0.1) is 11.3 Å². The van der Waals surface area contributed by atoms with Gasteiger partial charge in [-0.1, -0.05) is 13.3 Å². The molecule has 1 heterocycles. The van der Waals surface area contributed by atoms with E-state index in [9.17, 15) is 0 Å². The van der Waals surface area contributed by atoms with Crippen LogP contribution in [0.4, 0.5) is 0 Å². The number of nitrogens with zero attached hydrogens (tertiary/aromatic N) is 1. The number of methoxy groups -OCH3 is 1. The maximum atomic E-state index is 6.13. The number of ether oxygens (including phenoxy) is 1. The Morgan fingerprint density at radius 3 is 2.60 bits per heavy atom. The van der Waals surface area contributed by atoms with Gasteiger partial charge in [-0.3, -0.25) is 0 Å². The van der Waals surface area contributed by atoms with E-state index >= 15 is 0 Å². The lowest BCUT2D eigenvalue weighted by Gasteiger charge is -2.17. The van der Waals surface area contributed by atoms with Gasteiger partial charge in [0.05, 0.1) is 12.3 Å². The molecule has 0 aliphatic carbocycles. The predicted molar refractivity (Wildman–Crippen MR) is 64.0 cm³/mol. The smallest absolute Gasteiger partial charge is 0.119 e. The van der Waals surface area contributed by atoms with Gasteiger partial charge in [0.2, 0.25) is 0 Å². The molecule has 2 N–H and O–H groups in total. The first-order valence-corrected chi connectivity index (χ1v) is 6.07. The topological polar surface area (TPSA) is 48.1 Å². The summed E-state index contributed by atoms with van der Waals surface area (Å²) < 4.78 is 5.09. The number of thiazole rings is 1. The quantitative estimate of drug-likeness (QED) is 0.842. The Morgan fingerprint density at radius 1 is 1.47 bits per heavy atom. The molecular weight excluding hydrogens is 208 g/mol. The number of hydrogen-bond donors (Lipinski definition) is 1. The van der Waals surface area contributed by atoms with Crippen LogP contribution in [0.1, 0.15) is 42.8 Å². The summed E-state index contributed by atoms with van der Waals surface area (Å²) in [5.74, 6) is 0. The molecule has 86 valence electrons. The van der Waals surface area contributed by atoms with Gasteiger partial charge in [-0.05, 0) is 20.3 Å². The highest BCUT2D eigenvalue weighted by Gasteiger charge is 2.22. The number of aromatic nitrogens is 1. The molecule has 4 heteroatoms. The Balaban J connectivity index is 3.00. The van der Waals surface area contributed by atoms with Crippen molar-refractivity contribution in [2.24, 2.45) is 5.73 Å². The number of hydrogen-bond acceptors (Lipinski definition) is 4. The van der Waals surface area contributed by atoms with Gasteiger partial charge in [-0.2, -0.15) is 0 Å². The summed E-state index contributed by atoms with van der Waals surface area (Å²) in [4.78, 5) is 5.76. The molecule has 1 aromatic heterocycles. The third kappa shape index (κ3) is 3.26. The van der Waals surface area contributed by atoms with E-state index in [2.05, 4.69) is 11.9 Å². The van der Waals surface area contributed by atoms with Gasteiger partial charge < -0.3 is 10.5 Å². The van der Waals surface area contributed by atoms with E-state index in [4.69, 9.17) is 10.5 Å². The van der Waals surface area contributed by atoms with Crippen molar-refractivity contribution < 1.29 is 4.74 Å². The molecule has 1 rings (SSSR count). The van der Waals surface area contributed by atoms with Crippen molar-refractivity contribution in [2.75, 3.05) is 7.11 Å². The van der Waals surface area contributed by atoms with Crippen molar-refractivity contribution in [3.8, 4) is 0 Å². The lowest BCUT2D eigenvalue weighted by atomic mass is 10.0. The van der Waals surface area contributed by atoms with E-state index in [1.165, 1.54) is 4.88 Å². The number of aryl methyl sites for hydroxylation is 1. The summed E-state index contributed by atoms with van der Waals surface area (Å²) >= 11 is 1.67. The van der Waals surface area contributed by atoms with E-state index in [-0.39, 0.29) is 5.54 Å². The van der Waals surface area contributed by atoms with Crippen LogP contribution in [0.15, 0.2) is 0 Å². The summed E-state index contributed by atoms with van der Waals surface area (Å²) in [6.45, 7) is 6.78. The first kappa shape index (κ1) is 12.6. The Morgan fingerprint density at radius 2 is 2.13 bits per heavy atom. The SMILES string of the molecule is CCCc1nc(COC)sc1C(C)(C)N. The fourth-order valence-electron chi connectivity index (χ4n) is 1.50. The van der Waals surface area contributed by atoms with Gasteiger partial charge in [0.25, 0.3) is 0 Å². The highest BCUT2D eigenvalue weighted by Crippen LogP contribution is 2.29. The van der Waals surface area contributed by atoms with Gasteiger partial charge in [0.1, 0.15) is 5.01 Å². The summed E-state index contributed by atoms with van der Waals surface area (Å²) in [7, 11) is 1.69. The van der Waals surface area contributed by atoms with Crippen LogP contribution in [-0.2, 0) is 23.3 Å². The maximum Gasteiger partial charge on any atom is 0.119 e. The number of rotatable bonds is 5. The maximum absolute atomic E-state index is 6.13. The van der Waals surface area contributed by atoms with Crippen molar-refractivity contribution >= 4 is 11.3 Å². The van der Waals surface area contributed by atoms with Gasteiger partial charge in [0.15, 0.2) is 0 Å². The molecule has 0 unspecified atom stereocenters. The highest BCUT2D eigenvalue weighted by atomic mass is 32.1. The summed E-state index contributed by atoms with van der Waals surface area (Å²) in [5, 5.41) is 1.02. The van der Waals surface area contributed by atoms with Gasteiger partial charge >= 0.3 is 0 Å². The molecule has 0 bridgehead atoms. The van der Waals surface area contributed by atoms with Gasteiger partial charge in [-0.25, -0.2) is 4.98 Å². The molecule has 0 fully saturated rings. The minimum atomic E-state index is -0.297. The Hall–Kier alpha value is -0.450. The molecule has 0 atom stereocenters. The first-order valence-electron chi connectivity index (χ1n) is 5.26.